The van der Waals surface area contributed by atoms with E-state index in [1.807, 2.05) is 61.5 Å². The van der Waals surface area contributed by atoms with Gasteiger partial charge in [0.1, 0.15) is 11.4 Å². The average Bonchev–Trinajstić information content (AvgIpc) is 3.52. The van der Waals surface area contributed by atoms with Gasteiger partial charge in [-0.1, -0.05) is 30.3 Å². The maximum absolute atomic E-state index is 11.6. The highest BCUT2D eigenvalue weighted by Gasteiger charge is 2.61. The number of hydrogen-bond acceptors (Lipinski definition) is 6. The average molecular weight is 504 g/mol. The molecule has 0 saturated carbocycles. The largest absolute Gasteiger partial charge is 0.494 e. The van der Waals surface area contributed by atoms with E-state index >= 15 is 0 Å². The van der Waals surface area contributed by atoms with Gasteiger partial charge >= 0.3 is 0 Å². The number of pyridine rings is 1. The van der Waals surface area contributed by atoms with E-state index in [2.05, 4.69) is 11.1 Å². The lowest BCUT2D eigenvalue weighted by Crippen LogP contribution is -2.25. The van der Waals surface area contributed by atoms with E-state index in [1.165, 1.54) is 4.57 Å². The van der Waals surface area contributed by atoms with Crippen LogP contribution in [0.4, 0.5) is 0 Å². The summed E-state index contributed by atoms with van der Waals surface area (Å²) < 4.78 is 14.2. The summed E-state index contributed by atoms with van der Waals surface area (Å²) >= 11 is 0. The molecule has 2 aliphatic rings. The second-order valence-corrected chi connectivity index (χ2v) is 10.3. The summed E-state index contributed by atoms with van der Waals surface area (Å²) in [5.41, 5.74) is 1.84. The van der Waals surface area contributed by atoms with Gasteiger partial charge in [-0.05, 0) is 56.2 Å². The minimum Gasteiger partial charge on any atom is -0.494 e. The number of benzene rings is 3. The second-order valence-electron chi connectivity index (χ2n) is 10.3. The molecule has 4 heterocycles. The Morgan fingerprint density at radius 2 is 1.82 bits per heavy atom. The zero-order valence-corrected chi connectivity index (χ0v) is 20.8. The first-order valence-electron chi connectivity index (χ1n) is 12.7. The van der Waals surface area contributed by atoms with Crippen molar-refractivity contribution in [3.8, 4) is 29.3 Å². The number of nitriles is 1. The number of ether oxygens (including phenoxy) is 2. The SMILES string of the molecule is C[C@]12CC[C@](CCOc3ccc4ncccc4c3)(O1)c1c2c(O)n(-c2ccc(C#N)c3ccccc23)c1O. The van der Waals surface area contributed by atoms with Gasteiger partial charge in [-0.15, -0.1) is 0 Å². The Hall–Kier alpha value is -4.54. The molecule has 188 valence electrons. The molecule has 2 N–H and O–H groups in total. The van der Waals surface area contributed by atoms with Crippen molar-refractivity contribution in [2.75, 3.05) is 6.61 Å². The molecule has 7 heteroatoms. The molecule has 0 amide bonds. The highest BCUT2D eigenvalue weighted by atomic mass is 16.5. The van der Waals surface area contributed by atoms with E-state index in [4.69, 9.17) is 9.47 Å². The van der Waals surface area contributed by atoms with Crippen LogP contribution in [0, 0.1) is 11.3 Å². The Kier molecular flexibility index (Phi) is 4.75. The number of nitrogens with zero attached hydrogens (tertiary/aromatic N) is 3. The Bertz CT molecular complexity index is 1800. The number of aromatic nitrogens is 2. The fraction of sp³-hybridized carbons (Fsp3) is 0.226. The van der Waals surface area contributed by atoms with E-state index in [9.17, 15) is 15.5 Å². The third kappa shape index (κ3) is 3.07. The monoisotopic (exact) mass is 503 g/mol. The molecule has 1 saturated heterocycles. The first kappa shape index (κ1) is 22.6. The van der Waals surface area contributed by atoms with Crippen LogP contribution < -0.4 is 4.74 Å². The molecule has 0 spiro atoms. The second kappa shape index (κ2) is 7.98. The zero-order chi connectivity index (χ0) is 26.1. The van der Waals surface area contributed by atoms with Crippen molar-refractivity contribution in [1.82, 2.24) is 9.55 Å². The molecule has 38 heavy (non-hydrogen) atoms. The normalized spacial score (nSPS) is 21.6. The quantitative estimate of drug-likeness (QED) is 0.298. The highest BCUT2D eigenvalue weighted by Crippen LogP contribution is 2.65. The number of hydrogen-bond donors (Lipinski definition) is 2. The van der Waals surface area contributed by atoms with E-state index in [0.717, 1.165) is 33.8 Å². The predicted molar refractivity (Wildman–Crippen MR) is 143 cm³/mol. The van der Waals surface area contributed by atoms with Gasteiger partial charge < -0.3 is 19.7 Å². The summed E-state index contributed by atoms with van der Waals surface area (Å²) in [6.45, 7) is 2.35. The summed E-state index contributed by atoms with van der Waals surface area (Å²) in [7, 11) is 0. The maximum Gasteiger partial charge on any atom is 0.205 e. The molecule has 2 aliphatic heterocycles. The molecule has 7 nitrogen and oxygen atoms in total. The molecule has 0 radical (unpaired) electrons. The van der Waals surface area contributed by atoms with Gasteiger partial charge in [0.25, 0.3) is 0 Å². The van der Waals surface area contributed by atoms with Crippen LogP contribution in [0.2, 0.25) is 0 Å². The van der Waals surface area contributed by atoms with Crippen LogP contribution in [0.25, 0.3) is 27.4 Å². The van der Waals surface area contributed by atoms with E-state index in [1.54, 1.807) is 18.3 Å². The van der Waals surface area contributed by atoms with Crippen LogP contribution in [0.1, 0.15) is 42.9 Å². The van der Waals surface area contributed by atoms with Gasteiger partial charge in [0, 0.05) is 28.8 Å². The molecule has 0 unspecified atom stereocenters. The smallest absolute Gasteiger partial charge is 0.205 e. The predicted octanol–water partition coefficient (Wildman–Crippen LogP) is 6.17. The first-order valence-corrected chi connectivity index (χ1v) is 12.7. The van der Waals surface area contributed by atoms with Crippen LogP contribution in [-0.2, 0) is 15.9 Å². The number of fused-ring (bicyclic) bond motifs is 7. The van der Waals surface area contributed by atoms with Crippen LogP contribution in [0.5, 0.6) is 17.5 Å². The molecular weight excluding hydrogens is 478 g/mol. The minimum atomic E-state index is -0.766. The van der Waals surface area contributed by atoms with Gasteiger partial charge in [0.2, 0.25) is 11.8 Å². The van der Waals surface area contributed by atoms with Crippen LogP contribution in [0.3, 0.4) is 0 Å². The van der Waals surface area contributed by atoms with Crippen LogP contribution in [0.15, 0.2) is 72.9 Å². The standard InChI is InChI=1S/C31H25N3O4/c1-30-12-13-31(38-30,14-16-37-21-9-10-24-19(17-21)5-4-15-33-24)27-26(30)28(35)34(29(27)36)25-11-8-20(18-32)22-6-2-3-7-23(22)25/h2-11,15,17,35-36H,12-14,16H2,1H3/t30-,31-/m1/s1. The lowest BCUT2D eigenvalue weighted by molar-refractivity contribution is -0.0876. The number of rotatable bonds is 5. The topological polar surface area (TPSA) is 101 Å². The van der Waals surface area contributed by atoms with Crippen molar-refractivity contribution >= 4 is 21.7 Å². The van der Waals surface area contributed by atoms with Gasteiger partial charge in [-0.25, -0.2) is 0 Å². The molecule has 2 aromatic heterocycles. The molecular formula is C31H25N3O4. The van der Waals surface area contributed by atoms with Gasteiger partial charge in [-0.2, -0.15) is 5.26 Å². The third-order valence-electron chi connectivity index (χ3n) is 8.14. The van der Waals surface area contributed by atoms with Crippen molar-refractivity contribution in [3.63, 3.8) is 0 Å². The van der Waals surface area contributed by atoms with Crippen molar-refractivity contribution in [2.24, 2.45) is 0 Å². The van der Waals surface area contributed by atoms with E-state index in [-0.39, 0.29) is 11.8 Å². The first-order chi connectivity index (χ1) is 18.4. The van der Waals surface area contributed by atoms with E-state index < -0.39 is 11.2 Å². The summed E-state index contributed by atoms with van der Waals surface area (Å²) in [4.78, 5) is 4.36. The van der Waals surface area contributed by atoms with E-state index in [0.29, 0.717) is 41.8 Å². The summed E-state index contributed by atoms with van der Waals surface area (Å²) in [5, 5.41) is 35.2. The molecule has 7 rings (SSSR count). The van der Waals surface area contributed by atoms with Gasteiger partial charge in [0.05, 0.1) is 46.2 Å². The summed E-state index contributed by atoms with van der Waals surface area (Å²) in [6, 6.07) is 22.9. The summed E-state index contributed by atoms with van der Waals surface area (Å²) in [5.74, 6) is 0.682. The minimum absolute atomic E-state index is 0.0283. The Morgan fingerprint density at radius 3 is 2.66 bits per heavy atom. The molecule has 3 aromatic carbocycles. The summed E-state index contributed by atoms with van der Waals surface area (Å²) in [6.07, 6.45) is 3.73. The Balaban J connectivity index is 1.27. The lowest BCUT2D eigenvalue weighted by atomic mass is 9.78. The van der Waals surface area contributed by atoms with Gasteiger partial charge in [0.15, 0.2) is 0 Å². The fourth-order valence-electron chi connectivity index (χ4n) is 6.39. The lowest BCUT2D eigenvalue weighted by Gasteiger charge is -2.26. The molecule has 1 fully saturated rings. The molecule has 2 atom stereocenters. The highest BCUT2D eigenvalue weighted by molar-refractivity contribution is 5.95. The molecule has 0 aliphatic carbocycles. The van der Waals surface area contributed by atoms with Crippen molar-refractivity contribution in [2.45, 2.75) is 37.4 Å². The Morgan fingerprint density at radius 1 is 1.00 bits per heavy atom. The van der Waals surface area contributed by atoms with Gasteiger partial charge in [-0.3, -0.25) is 9.55 Å². The maximum atomic E-state index is 11.6. The van der Waals surface area contributed by atoms with Crippen molar-refractivity contribution in [1.29, 1.82) is 5.26 Å². The fourth-order valence-corrected chi connectivity index (χ4v) is 6.39. The van der Waals surface area contributed by atoms with Crippen LogP contribution >= 0.6 is 0 Å². The van der Waals surface area contributed by atoms with Crippen molar-refractivity contribution in [3.05, 3.63) is 89.6 Å². The third-order valence-corrected chi connectivity index (χ3v) is 8.14. The Labute approximate surface area is 219 Å². The molecule has 5 aromatic rings. The number of aromatic hydroxyl groups is 2. The molecule has 2 bridgehead atoms. The van der Waals surface area contributed by atoms with Crippen LogP contribution in [-0.4, -0.2) is 26.4 Å². The van der Waals surface area contributed by atoms with Crippen molar-refractivity contribution < 1.29 is 19.7 Å². The zero-order valence-electron chi connectivity index (χ0n) is 20.8.